The minimum Gasteiger partial charge on any atom is -0.352 e. The molecular formula is C21H17Cl2N3O. The largest absolute Gasteiger partial charge is 0.352 e. The Balaban J connectivity index is 1.55. The second kappa shape index (κ2) is 7.59. The Labute approximate surface area is 167 Å². The van der Waals surface area contributed by atoms with E-state index >= 15 is 0 Å². The molecule has 0 spiro atoms. The number of rotatable bonds is 3. The van der Waals surface area contributed by atoms with E-state index in [0.29, 0.717) is 40.1 Å². The fraction of sp³-hybridized carbons (Fsp3) is 0.143. The van der Waals surface area contributed by atoms with Crippen LogP contribution in [-0.2, 0) is 13.0 Å². The number of aromatic nitrogens is 1. The Morgan fingerprint density at radius 1 is 1.00 bits per heavy atom. The highest BCUT2D eigenvalue weighted by atomic mass is 35.5. The molecule has 4 nitrogen and oxygen atoms in total. The average Bonchev–Trinajstić information content (AvgIpc) is 2.70. The van der Waals surface area contributed by atoms with Gasteiger partial charge in [-0.3, -0.25) is 9.78 Å². The van der Waals surface area contributed by atoms with Crippen LogP contribution in [0.5, 0.6) is 0 Å². The van der Waals surface area contributed by atoms with Crippen molar-refractivity contribution in [2.75, 3.05) is 11.9 Å². The van der Waals surface area contributed by atoms with E-state index in [-0.39, 0.29) is 5.91 Å². The number of fused-ring (bicyclic) bond motifs is 1. The molecule has 0 unspecified atom stereocenters. The standard InChI is InChI=1S/C21H17Cl2N3O/c22-18-6-3-7-19(23)20(18)25-17-10-16(11-24-12-17)21(27)26-9-8-14-4-1-2-5-15(14)13-26/h1-7,10-12,25H,8-9,13H2. The summed E-state index contributed by atoms with van der Waals surface area (Å²) in [6.45, 7) is 1.31. The first-order valence-corrected chi connectivity index (χ1v) is 9.39. The van der Waals surface area contributed by atoms with Crippen molar-refractivity contribution in [2.24, 2.45) is 0 Å². The molecule has 1 aliphatic heterocycles. The predicted octanol–water partition coefficient (Wildman–Crippen LogP) is 5.33. The summed E-state index contributed by atoms with van der Waals surface area (Å²) in [6, 6.07) is 15.3. The van der Waals surface area contributed by atoms with Gasteiger partial charge in [-0.05, 0) is 35.7 Å². The normalized spacial score (nSPS) is 13.2. The fourth-order valence-electron chi connectivity index (χ4n) is 3.24. The number of carbonyl (C=O) groups excluding carboxylic acids is 1. The molecule has 27 heavy (non-hydrogen) atoms. The van der Waals surface area contributed by atoms with Gasteiger partial charge in [-0.2, -0.15) is 0 Å². The maximum atomic E-state index is 13.0. The number of nitrogens with zero attached hydrogens (tertiary/aromatic N) is 2. The van der Waals surface area contributed by atoms with Crippen molar-refractivity contribution >= 4 is 40.5 Å². The molecule has 0 atom stereocenters. The van der Waals surface area contributed by atoms with Gasteiger partial charge in [-0.1, -0.05) is 53.5 Å². The molecule has 1 aliphatic rings. The first-order valence-electron chi connectivity index (χ1n) is 8.64. The molecule has 2 aromatic carbocycles. The molecule has 1 aromatic heterocycles. The number of pyridine rings is 1. The number of benzene rings is 2. The van der Waals surface area contributed by atoms with E-state index in [1.807, 2.05) is 17.0 Å². The van der Waals surface area contributed by atoms with Crippen molar-refractivity contribution in [3.8, 4) is 0 Å². The molecule has 136 valence electrons. The van der Waals surface area contributed by atoms with Crippen molar-refractivity contribution < 1.29 is 4.79 Å². The zero-order valence-corrected chi connectivity index (χ0v) is 16.0. The highest BCUT2D eigenvalue weighted by molar-refractivity contribution is 6.39. The molecule has 0 aliphatic carbocycles. The molecule has 0 radical (unpaired) electrons. The van der Waals surface area contributed by atoms with Crippen LogP contribution < -0.4 is 5.32 Å². The quantitative estimate of drug-likeness (QED) is 0.649. The first kappa shape index (κ1) is 17.8. The number of nitrogens with one attached hydrogen (secondary N) is 1. The van der Waals surface area contributed by atoms with E-state index in [0.717, 1.165) is 6.42 Å². The summed E-state index contributed by atoms with van der Waals surface area (Å²) in [6.07, 6.45) is 4.09. The van der Waals surface area contributed by atoms with Crippen LogP contribution in [0.4, 0.5) is 11.4 Å². The molecule has 0 fully saturated rings. The molecule has 0 saturated heterocycles. The van der Waals surface area contributed by atoms with Crippen LogP contribution in [0.1, 0.15) is 21.5 Å². The summed E-state index contributed by atoms with van der Waals surface area (Å²) in [5, 5.41) is 4.17. The SMILES string of the molecule is O=C(c1cncc(Nc2c(Cl)cccc2Cl)c1)N1CCc2ccccc2C1. The van der Waals surface area contributed by atoms with Gasteiger partial charge in [-0.25, -0.2) is 0 Å². The lowest BCUT2D eigenvalue weighted by molar-refractivity contribution is 0.0734. The molecule has 3 aromatic rings. The van der Waals surface area contributed by atoms with Crippen LogP contribution in [0.2, 0.25) is 10.0 Å². The zero-order valence-electron chi connectivity index (χ0n) is 14.5. The molecular weight excluding hydrogens is 381 g/mol. The highest BCUT2D eigenvalue weighted by Crippen LogP contribution is 2.32. The maximum Gasteiger partial charge on any atom is 0.255 e. The summed E-state index contributed by atoms with van der Waals surface area (Å²) in [5.74, 6) is -0.0362. The van der Waals surface area contributed by atoms with E-state index in [1.54, 1.807) is 36.7 Å². The summed E-state index contributed by atoms with van der Waals surface area (Å²) >= 11 is 12.4. The molecule has 1 N–H and O–H groups in total. The van der Waals surface area contributed by atoms with E-state index in [9.17, 15) is 4.79 Å². The summed E-state index contributed by atoms with van der Waals surface area (Å²) in [7, 11) is 0. The summed E-state index contributed by atoms with van der Waals surface area (Å²) < 4.78 is 0. The summed E-state index contributed by atoms with van der Waals surface area (Å²) in [4.78, 5) is 19.0. The highest BCUT2D eigenvalue weighted by Gasteiger charge is 2.22. The average molecular weight is 398 g/mol. The van der Waals surface area contributed by atoms with Gasteiger partial charge in [0.1, 0.15) is 0 Å². The van der Waals surface area contributed by atoms with Crippen LogP contribution in [0.15, 0.2) is 60.9 Å². The molecule has 0 bridgehead atoms. The third-order valence-corrected chi connectivity index (χ3v) is 5.27. The number of hydrogen-bond donors (Lipinski definition) is 1. The Hall–Kier alpha value is -2.56. The van der Waals surface area contributed by atoms with Crippen LogP contribution in [0, 0.1) is 0 Å². The van der Waals surface area contributed by atoms with E-state index in [1.165, 1.54) is 11.1 Å². The molecule has 2 heterocycles. The Morgan fingerprint density at radius 3 is 2.52 bits per heavy atom. The molecule has 6 heteroatoms. The Morgan fingerprint density at radius 2 is 1.74 bits per heavy atom. The molecule has 4 rings (SSSR count). The van der Waals surface area contributed by atoms with Crippen molar-refractivity contribution in [1.29, 1.82) is 0 Å². The Kier molecular flexibility index (Phi) is 5.01. The van der Waals surface area contributed by atoms with Gasteiger partial charge in [-0.15, -0.1) is 0 Å². The molecule has 1 amide bonds. The number of carbonyl (C=O) groups is 1. The van der Waals surface area contributed by atoms with Crippen LogP contribution in [0.25, 0.3) is 0 Å². The predicted molar refractivity (Wildman–Crippen MR) is 109 cm³/mol. The van der Waals surface area contributed by atoms with Crippen molar-refractivity contribution in [2.45, 2.75) is 13.0 Å². The second-order valence-electron chi connectivity index (χ2n) is 6.43. The fourth-order valence-corrected chi connectivity index (χ4v) is 3.73. The van der Waals surface area contributed by atoms with Gasteiger partial charge in [0, 0.05) is 19.3 Å². The van der Waals surface area contributed by atoms with Crippen molar-refractivity contribution in [3.63, 3.8) is 0 Å². The number of amides is 1. The minimum absolute atomic E-state index is 0.0362. The van der Waals surface area contributed by atoms with E-state index in [4.69, 9.17) is 23.2 Å². The zero-order chi connectivity index (χ0) is 18.8. The summed E-state index contributed by atoms with van der Waals surface area (Å²) in [5.41, 5.74) is 4.29. The van der Waals surface area contributed by atoms with Crippen LogP contribution in [0.3, 0.4) is 0 Å². The van der Waals surface area contributed by atoms with E-state index in [2.05, 4.69) is 22.4 Å². The lowest BCUT2D eigenvalue weighted by Gasteiger charge is -2.29. The van der Waals surface area contributed by atoms with Crippen LogP contribution >= 0.6 is 23.2 Å². The monoisotopic (exact) mass is 397 g/mol. The van der Waals surface area contributed by atoms with Gasteiger partial charge >= 0.3 is 0 Å². The maximum absolute atomic E-state index is 13.0. The van der Waals surface area contributed by atoms with Gasteiger partial charge in [0.2, 0.25) is 0 Å². The second-order valence-corrected chi connectivity index (χ2v) is 7.24. The van der Waals surface area contributed by atoms with Crippen molar-refractivity contribution in [3.05, 3.63) is 87.7 Å². The number of halogens is 2. The van der Waals surface area contributed by atoms with Gasteiger partial charge in [0.25, 0.3) is 5.91 Å². The number of anilines is 2. The Bertz CT molecular complexity index is 986. The third-order valence-electron chi connectivity index (χ3n) is 4.64. The molecule has 0 saturated carbocycles. The lowest BCUT2D eigenvalue weighted by atomic mass is 9.99. The van der Waals surface area contributed by atoms with Gasteiger partial charge < -0.3 is 10.2 Å². The topological polar surface area (TPSA) is 45.2 Å². The van der Waals surface area contributed by atoms with Crippen LogP contribution in [-0.4, -0.2) is 22.3 Å². The van der Waals surface area contributed by atoms with Gasteiger partial charge in [0.05, 0.1) is 33.2 Å². The minimum atomic E-state index is -0.0362. The number of hydrogen-bond acceptors (Lipinski definition) is 3. The smallest absolute Gasteiger partial charge is 0.255 e. The lowest BCUT2D eigenvalue weighted by Crippen LogP contribution is -2.36. The van der Waals surface area contributed by atoms with E-state index < -0.39 is 0 Å². The van der Waals surface area contributed by atoms with Gasteiger partial charge in [0.15, 0.2) is 0 Å². The first-order chi connectivity index (χ1) is 13.1. The van der Waals surface area contributed by atoms with Crippen molar-refractivity contribution in [1.82, 2.24) is 9.88 Å². The number of para-hydroxylation sites is 1. The third kappa shape index (κ3) is 3.77.